The Morgan fingerprint density at radius 1 is 1.04 bits per heavy atom. The maximum atomic E-state index is 13.9. The minimum atomic E-state index is -0.872. The van der Waals surface area contributed by atoms with Crippen molar-refractivity contribution in [3.63, 3.8) is 0 Å². The summed E-state index contributed by atoms with van der Waals surface area (Å²) in [7, 11) is 0. The second kappa shape index (κ2) is 18.6. The minimum Gasteiger partial charge on any atom is -0.444 e. The van der Waals surface area contributed by atoms with Crippen molar-refractivity contribution >= 4 is 35.2 Å². The summed E-state index contributed by atoms with van der Waals surface area (Å²) in [5.74, 6) is -0.967. The van der Waals surface area contributed by atoms with Crippen LogP contribution in [0.5, 0.6) is 0 Å². The number of ether oxygens (including phenoxy) is 1. The minimum absolute atomic E-state index is 0.0217. The SMILES string of the molecule is Cc1ncsc1-c1ccc(CNC(=O)[C@@H]2C[C@@H](O)CN2C(=O)[C@@H](NC(=O)CCCCCCN(CCCN)C(=O)OC(C)(C)C)C(C)(C)C)cc1. The van der Waals surface area contributed by atoms with Gasteiger partial charge in [0.1, 0.15) is 17.7 Å². The number of amides is 4. The lowest BCUT2D eigenvalue weighted by Gasteiger charge is -2.35. The number of aliphatic hydroxyl groups excluding tert-OH is 1. The fourth-order valence-corrected chi connectivity index (χ4v) is 6.67. The molecule has 3 atom stereocenters. The number of nitrogens with zero attached hydrogens (tertiary/aromatic N) is 3. The smallest absolute Gasteiger partial charge is 0.410 e. The van der Waals surface area contributed by atoms with Crippen molar-refractivity contribution in [2.45, 2.75) is 124 Å². The standard InChI is InChI=1S/C37H58N6O6S/c1-25-31(50-24-40-25)27-16-14-26(15-17-27)22-39-33(46)29-21-28(44)23-43(29)34(47)32(36(2,3)4)41-30(45)13-10-8-9-11-19-42(20-12-18-38)35(48)49-37(5,6)7/h14-17,24,28-29,32,44H,8-13,18-23,38H2,1-7H3,(H,39,46)(H,41,45)/t28-,29+,32-/m1/s1. The molecule has 0 bridgehead atoms. The molecule has 2 heterocycles. The Labute approximate surface area is 301 Å². The van der Waals surface area contributed by atoms with E-state index in [0.717, 1.165) is 41.0 Å². The first-order chi connectivity index (χ1) is 23.5. The van der Waals surface area contributed by atoms with E-state index in [1.54, 1.807) is 16.2 Å². The van der Waals surface area contributed by atoms with Gasteiger partial charge in [0.25, 0.3) is 0 Å². The van der Waals surface area contributed by atoms with Crippen molar-refractivity contribution in [2.24, 2.45) is 11.1 Å². The topological polar surface area (TPSA) is 167 Å². The van der Waals surface area contributed by atoms with E-state index >= 15 is 0 Å². The quantitative estimate of drug-likeness (QED) is 0.181. The fraction of sp³-hybridized carbons (Fsp3) is 0.649. The van der Waals surface area contributed by atoms with Gasteiger partial charge in [-0.15, -0.1) is 11.3 Å². The molecule has 1 saturated heterocycles. The Kier molecular flexibility index (Phi) is 15.2. The Morgan fingerprint density at radius 3 is 2.30 bits per heavy atom. The summed E-state index contributed by atoms with van der Waals surface area (Å²) in [6.45, 7) is 15.0. The van der Waals surface area contributed by atoms with E-state index in [-0.39, 0.29) is 49.7 Å². The number of nitrogens with two attached hydrogens (primary N) is 1. The molecule has 4 amide bonds. The van der Waals surface area contributed by atoms with Gasteiger partial charge in [0, 0.05) is 39.0 Å². The second-order valence-corrected chi connectivity index (χ2v) is 16.1. The summed E-state index contributed by atoms with van der Waals surface area (Å²) < 4.78 is 5.53. The molecule has 0 spiro atoms. The van der Waals surface area contributed by atoms with Gasteiger partial charge in [-0.25, -0.2) is 9.78 Å². The van der Waals surface area contributed by atoms with Crippen LogP contribution in [0.2, 0.25) is 0 Å². The number of carbonyl (C=O) groups is 4. The molecule has 1 aromatic heterocycles. The van der Waals surface area contributed by atoms with Crippen LogP contribution < -0.4 is 16.4 Å². The summed E-state index contributed by atoms with van der Waals surface area (Å²) in [4.78, 5) is 61.4. The zero-order valence-electron chi connectivity index (χ0n) is 30.9. The molecule has 0 radical (unpaired) electrons. The zero-order chi connectivity index (χ0) is 37.1. The molecule has 12 nitrogen and oxygen atoms in total. The van der Waals surface area contributed by atoms with Gasteiger partial charge in [-0.2, -0.15) is 0 Å². The molecule has 3 rings (SSSR count). The van der Waals surface area contributed by atoms with Crippen LogP contribution in [0.25, 0.3) is 10.4 Å². The molecule has 2 aromatic rings. The van der Waals surface area contributed by atoms with Gasteiger partial charge in [-0.3, -0.25) is 14.4 Å². The molecule has 13 heteroatoms. The van der Waals surface area contributed by atoms with Gasteiger partial charge in [-0.1, -0.05) is 57.9 Å². The highest BCUT2D eigenvalue weighted by atomic mass is 32.1. The van der Waals surface area contributed by atoms with E-state index in [4.69, 9.17) is 10.5 Å². The van der Waals surface area contributed by atoms with Crippen LogP contribution in [-0.4, -0.2) is 93.7 Å². The lowest BCUT2D eigenvalue weighted by atomic mass is 9.85. The van der Waals surface area contributed by atoms with E-state index in [2.05, 4.69) is 15.6 Å². The van der Waals surface area contributed by atoms with Crippen molar-refractivity contribution in [3.05, 3.63) is 41.0 Å². The first kappa shape index (κ1) is 40.9. The molecule has 5 N–H and O–H groups in total. The molecule has 50 heavy (non-hydrogen) atoms. The molecule has 0 aliphatic carbocycles. The lowest BCUT2D eigenvalue weighted by Crippen LogP contribution is -2.57. The molecule has 1 aliphatic rings. The number of nitrogens with one attached hydrogen (secondary N) is 2. The highest BCUT2D eigenvalue weighted by molar-refractivity contribution is 7.13. The van der Waals surface area contributed by atoms with E-state index in [0.29, 0.717) is 32.5 Å². The predicted molar refractivity (Wildman–Crippen MR) is 196 cm³/mol. The number of carbonyl (C=O) groups excluding carboxylic acids is 4. The maximum Gasteiger partial charge on any atom is 0.410 e. The number of thiazole rings is 1. The van der Waals surface area contributed by atoms with Gasteiger partial charge >= 0.3 is 6.09 Å². The van der Waals surface area contributed by atoms with Crippen molar-refractivity contribution < 1.29 is 29.0 Å². The van der Waals surface area contributed by atoms with Crippen molar-refractivity contribution in [3.8, 4) is 10.4 Å². The Morgan fingerprint density at radius 2 is 1.70 bits per heavy atom. The average molecular weight is 715 g/mol. The number of β-amino-alcohol motifs (C(OH)–C–C–N with tert-alkyl or cyclic N) is 1. The lowest BCUT2D eigenvalue weighted by molar-refractivity contribution is -0.144. The van der Waals surface area contributed by atoms with Crippen LogP contribution in [0, 0.1) is 12.3 Å². The first-order valence-corrected chi connectivity index (χ1v) is 18.6. The third kappa shape index (κ3) is 12.6. The molecular formula is C37H58N6O6S. The van der Waals surface area contributed by atoms with E-state index in [1.165, 1.54) is 4.90 Å². The number of hydrogen-bond acceptors (Lipinski definition) is 9. The second-order valence-electron chi connectivity index (χ2n) is 15.2. The molecular weight excluding hydrogens is 657 g/mol. The van der Waals surface area contributed by atoms with Gasteiger partial charge in [0.2, 0.25) is 17.7 Å². The van der Waals surface area contributed by atoms with Gasteiger partial charge in [-0.05, 0) is 70.0 Å². The molecule has 1 aromatic carbocycles. The predicted octanol–water partition coefficient (Wildman–Crippen LogP) is 4.76. The Balaban J connectivity index is 1.50. The largest absolute Gasteiger partial charge is 0.444 e. The third-order valence-corrected chi connectivity index (χ3v) is 9.55. The Hall–Kier alpha value is -3.55. The van der Waals surface area contributed by atoms with Crippen molar-refractivity contribution in [1.29, 1.82) is 0 Å². The number of unbranched alkanes of at least 4 members (excludes halogenated alkanes) is 3. The van der Waals surface area contributed by atoms with Crippen LogP contribution >= 0.6 is 11.3 Å². The van der Waals surface area contributed by atoms with Gasteiger partial charge < -0.3 is 36.0 Å². The highest BCUT2D eigenvalue weighted by Gasteiger charge is 2.44. The van der Waals surface area contributed by atoms with Crippen LogP contribution in [-0.2, 0) is 25.7 Å². The van der Waals surface area contributed by atoms with Crippen LogP contribution in [0.15, 0.2) is 29.8 Å². The van der Waals surface area contributed by atoms with E-state index in [9.17, 15) is 24.3 Å². The summed E-state index contributed by atoms with van der Waals surface area (Å²) in [5, 5.41) is 16.4. The van der Waals surface area contributed by atoms with Crippen LogP contribution in [0.3, 0.4) is 0 Å². The molecule has 1 aliphatic heterocycles. The monoisotopic (exact) mass is 714 g/mol. The number of aliphatic hydroxyl groups is 1. The molecule has 0 saturated carbocycles. The van der Waals surface area contributed by atoms with Crippen LogP contribution in [0.4, 0.5) is 4.79 Å². The summed E-state index contributed by atoms with van der Waals surface area (Å²) in [6.07, 6.45) is 2.90. The van der Waals surface area contributed by atoms with Crippen LogP contribution in [0.1, 0.15) is 97.7 Å². The normalized spacial score (nSPS) is 16.9. The number of benzene rings is 1. The van der Waals surface area contributed by atoms with E-state index in [1.807, 2.05) is 78.2 Å². The summed E-state index contributed by atoms with van der Waals surface area (Å²) >= 11 is 1.58. The number of likely N-dealkylation sites (tertiary alicyclic amines) is 1. The Bertz CT molecular complexity index is 1420. The average Bonchev–Trinajstić information content (AvgIpc) is 3.65. The third-order valence-electron chi connectivity index (χ3n) is 8.58. The van der Waals surface area contributed by atoms with Crippen molar-refractivity contribution in [2.75, 3.05) is 26.2 Å². The summed E-state index contributed by atoms with van der Waals surface area (Å²) in [6, 6.07) is 6.19. The molecule has 0 unspecified atom stereocenters. The van der Waals surface area contributed by atoms with Gasteiger partial charge in [0.15, 0.2) is 0 Å². The molecule has 278 valence electrons. The number of hydrogen-bond donors (Lipinski definition) is 4. The fourth-order valence-electron chi connectivity index (χ4n) is 5.86. The van der Waals surface area contributed by atoms with Crippen molar-refractivity contribution in [1.82, 2.24) is 25.4 Å². The maximum absolute atomic E-state index is 13.9. The highest BCUT2D eigenvalue weighted by Crippen LogP contribution is 2.28. The number of aromatic nitrogens is 1. The number of rotatable bonds is 16. The van der Waals surface area contributed by atoms with E-state index < -0.39 is 29.2 Å². The first-order valence-electron chi connectivity index (χ1n) is 17.7. The van der Waals surface area contributed by atoms with Gasteiger partial charge in [0.05, 0.1) is 22.2 Å². The zero-order valence-corrected chi connectivity index (χ0v) is 31.7. The summed E-state index contributed by atoms with van der Waals surface area (Å²) in [5.41, 5.74) is 9.20. The molecule has 1 fully saturated rings. The number of aryl methyl sites for hydroxylation is 1.